The number of carbonyl (C=O) groups excluding carboxylic acids is 2. The van der Waals surface area contributed by atoms with Crippen molar-refractivity contribution in [3.8, 4) is 0 Å². The summed E-state index contributed by atoms with van der Waals surface area (Å²) in [5.74, 6) is -1.25. The predicted octanol–water partition coefficient (Wildman–Crippen LogP) is 1.44. The van der Waals surface area contributed by atoms with Crippen LogP contribution < -0.4 is 0 Å². The third kappa shape index (κ3) is 2.41. The molecule has 3 fully saturated rings. The highest BCUT2D eigenvalue weighted by molar-refractivity contribution is 5.89. The van der Waals surface area contributed by atoms with E-state index in [0.717, 1.165) is 0 Å². The lowest BCUT2D eigenvalue weighted by molar-refractivity contribution is -0.337. The van der Waals surface area contributed by atoms with Crippen molar-refractivity contribution >= 4 is 11.9 Å². The first-order valence-corrected chi connectivity index (χ1v) is 10.0. The molecule has 7 nitrogen and oxygen atoms in total. The molecule has 3 N–H and O–H groups in total. The van der Waals surface area contributed by atoms with E-state index < -0.39 is 46.2 Å². The van der Waals surface area contributed by atoms with E-state index in [2.05, 4.69) is 0 Å². The van der Waals surface area contributed by atoms with Crippen molar-refractivity contribution in [1.29, 1.82) is 0 Å². The maximum Gasteiger partial charge on any atom is 0.338 e. The Bertz CT molecular complexity index is 837. The maximum atomic E-state index is 12.5. The molecule has 158 valence electrons. The average molecular weight is 404 g/mol. The van der Waals surface area contributed by atoms with Gasteiger partial charge in [-0.15, -0.1) is 0 Å². The van der Waals surface area contributed by atoms with E-state index in [9.17, 15) is 24.9 Å². The number of esters is 2. The molecule has 2 bridgehead atoms. The van der Waals surface area contributed by atoms with Crippen molar-refractivity contribution in [2.24, 2.45) is 16.7 Å². The summed E-state index contributed by atoms with van der Waals surface area (Å²) in [7, 11) is 0. The summed E-state index contributed by atoms with van der Waals surface area (Å²) in [6.45, 7) is 4.65. The van der Waals surface area contributed by atoms with Gasteiger partial charge in [-0.05, 0) is 37.8 Å². The van der Waals surface area contributed by atoms with Gasteiger partial charge in [-0.3, -0.25) is 4.79 Å². The molecule has 1 spiro atoms. The Balaban J connectivity index is 1.76. The highest BCUT2D eigenvalue weighted by Gasteiger charge is 2.80. The second kappa shape index (κ2) is 6.27. The topological polar surface area (TPSA) is 113 Å². The molecule has 2 saturated carbocycles. The number of fused-ring (bicyclic) bond motifs is 1. The normalized spacial score (nSPS) is 46.0. The number of hydrogen-bond acceptors (Lipinski definition) is 7. The van der Waals surface area contributed by atoms with Crippen LogP contribution in [0.2, 0.25) is 0 Å². The van der Waals surface area contributed by atoms with E-state index >= 15 is 0 Å². The zero-order valence-corrected chi connectivity index (χ0v) is 16.9. The first kappa shape index (κ1) is 20.3. The third-order valence-corrected chi connectivity index (χ3v) is 8.13. The van der Waals surface area contributed by atoms with Crippen LogP contribution in [0.5, 0.6) is 0 Å². The number of carbonyl (C=O) groups is 2. The van der Waals surface area contributed by atoms with Crippen LogP contribution >= 0.6 is 0 Å². The van der Waals surface area contributed by atoms with Gasteiger partial charge in [-0.25, -0.2) is 4.79 Å². The van der Waals surface area contributed by atoms with Crippen LogP contribution in [0.15, 0.2) is 30.3 Å². The monoisotopic (exact) mass is 404 g/mol. The molecule has 1 saturated heterocycles. The molecular formula is C22H28O7. The zero-order chi connectivity index (χ0) is 21.2. The quantitative estimate of drug-likeness (QED) is 0.653. The number of benzene rings is 1. The van der Waals surface area contributed by atoms with Gasteiger partial charge in [-0.1, -0.05) is 32.0 Å². The lowest BCUT2D eigenvalue weighted by Gasteiger charge is -2.66. The van der Waals surface area contributed by atoms with E-state index in [4.69, 9.17) is 9.47 Å². The Morgan fingerprint density at radius 2 is 1.90 bits per heavy atom. The molecule has 2 aliphatic carbocycles. The standard InChI is InChI=1S/C22H28O7/c1-13-9-15(23)22(27)19(2,12-28-18(25)14-7-5-4-6-8-14)20(3,26)16-10-21(13,22)11-17(24)29-16/h4-8,13,15-16,23,26-27H,9-12H2,1-3H3/t13-,15+,16+,19-,20+,21-,22+/m1/s1. The van der Waals surface area contributed by atoms with Gasteiger partial charge in [0.2, 0.25) is 0 Å². The Kier molecular flexibility index (Phi) is 4.39. The maximum absolute atomic E-state index is 12.5. The molecule has 1 heterocycles. The van der Waals surface area contributed by atoms with Gasteiger partial charge in [0.15, 0.2) is 0 Å². The van der Waals surface area contributed by atoms with Crippen molar-refractivity contribution in [3.05, 3.63) is 35.9 Å². The van der Waals surface area contributed by atoms with Gasteiger partial charge in [0, 0.05) is 5.41 Å². The molecule has 1 aliphatic heterocycles. The molecule has 0 radical (unpaired) electrons. The summed E-state index contributed by atoms with van der Waals surface area (Å²) >= 11 is 0. The summed E-state index contributed by atoms with van der Waals surface area (Å²) in [6, 6.07) is 8.43. The smallest absolute Gasteiger partial charge is 0.338 e. The van der Waals surface area contributed by atoms with Gasteiger partial charge < -0.3 is 24.8 Å². The van der Waals surface area contributed by atoms with E-state index in [1.165, 1.54) is 6.92 Å². The summed E-state index contributed by atoms with van der Waals surface area (Å²) < 4.78 is 11.0. The Morgan fingerprint density at radius 3 is 2.55 bits per heavy atom. The highest BCUT2D eigenvalue weighted by atomic mass is 16.6. The number of hydrogen-bond donors (Lipinski definition) is 3. The van der Waals surface area contributed by atoms with Gasteiger partial charge in [0.25, 0.3) is 0 Å². The lowest BCUT2D eigenvalue weighted by Crippen LogP contribution is -2.79. The Labute approximate surface area is 169 Å². The predicted molar refractivity (Wildman–Crippen MR) is 102 cm³/mol. The van der Waals surface area contributed by atoms with Crippen molar-refractivity contribution in [2.75, 3.05) is 6.61 Å². The molecule has 29 heavy (non-hydrogen) atoms. The zero-order valence-electron chi connectivity index (χ0n) is 16.9. The lowest BCUT2D eigenvalue weighted by atomic mass is 9.44. The van der Waals surface area contributed by atoms with Crippen molar-refractivity contribution in [2.45, 2.75) is 63.4 Å². The number of rotatable bonds is 3. The molecular weight excluding hydrogens is 376 g/mol. The second-order valence-corrected chi connectivity index (χ2v) is 9.36. The van der Waals surface area contributed by atoms with Crippen molar-refractivity contribution < 1.29 is 34.4 Å². The summed E-state index contributed by atoms with van der Waals surface area (Å²) in [5.41, 5.74) is -5.61. The van der Waals surface area contributed by atoms with Crippen LogP contribution in [0, 0.1) is 16.7 Å². The molecule has 1 aromatic rings. The Morgan fingerprint density at radius 1 is 1.24 bits per heavy atom. The summed E-state index contributed by atoms with van der Waals surface area (Å²) in [6.07, 6.45) is -1.54. The van der Waals surface area contributed by atoms with Gasteiger partial charge >= 0.3 is 11.9 Å². The molecule has 0 amide bonds. The van der Waals surface area contributed by atoms with Crippen LogP contribution in [0.4, 0.5) is 0 Å². The Hall–Kier alpha value is -1.96. The van der Waals surface area contributed by atoms with Gasteiger partial charge in [0.1, 0.15) is 23.9 Å². The molecule has 3 aliphatic rings. The molecule has 4 rings (SSSR count). The summed E-state index contributed by atoms with van der Waals surface area (Å²) in [4.78, 5) is 24.9. The molecule has 7 heteroatoms. The van der Waals surface area contributed by atoms with E-state index in [1.807, 2.05) is 6.92 Å². The van der Waals surface area contributed by atoms with Gasteiger partial charge in [0.05, 0.1) is 23.5 Å². The van der Waals surface area contributed by atoms with Gasteiger partial charge in [-0.2, -0.15) is 0 Å². The van der Waals surface area contributed by atoms with Crippen molar-refractivity contribution in [1.82, 2.24) is 0 Å². The van der Waals surface area contributed by atoms with E-state index in [1.54, 1.807) is 37.3 Å². The molecule has 7 atom stereocenters. The fourth-order valence-electron chi connectivity index (χ4n) is 6.10. The minimum absolute atomic E-state index is 0.0451. The average Bonchev–Trinajstić information content (AvgIpc) is 2.86. The molecule has 0 aromatic heterocycles. The second-order valence-electron chi connectivity index (χ2n) is 9.36. The van der Waals surface area contributed by atoms with Crippen LogP contribution in [0.25, 0.3) is 0 Å². The molecule has 0 unspecified atom stereocenters. The fraction of sp³-hybridized carbons (Fsp3) is 0.636. The van der Waals surface area contributed by atoms with E-state index in [-0.39, 0.29) is 31.8 Å². The minimum Gasteiger partial charge on any atom is -0.461 e. The van der Waals surface area contributed by atoms with Crippen LogP contribution in [-0.2, 0) is 14.3 Å². The number of aliphatic hydroxyl groups excluding tert-OH is 1. The van der Waals surface area contributed by atoms with Crippen LogP contribution in [0.1, 0.15) is 50.4 Å². The highest BCUT2D eigenvalue weighted by Crippen LogP contribution is 2.70. The van der Waals surface area contributed by atoms with Crippen molar-refractivity contribution in [3.63, 3.8) is 0 Å². The third-order valence-electron chi connectivity index (χ3n) is 8.13. The number of ether oxygens (including phenoxy) is 2. The summed E-state index contributed by atoms with van der Waals surface area (Å²) in [5, 5.41) is 34.4. The fourth-order valence-corrected chi connectivity index (χ4v) is 6.10. The SMILES string of the molecule is C[C@@H]1C[C@H](O)[C@@]2(O)[C@]13CC(=O)O[C@@H](C3)[C@](C)(O)[C@@]2(C)COC(=O)c1ccccc1. The minimum atomic E-state index is -1.82. The largest absolute Gasteiger partial charge is 0.461 e. The van der Waals surface area contributed by atoms with E-state index in [0.29, 0.717) is 5.56 Å². The van der Waals surface area contributed by atoms with Crippen LogP contribution in [-0.4, -0.2) is 57.3 Å². The number of aliphatic hydroxyl groups is 3. The first-order chi connectivity index (χ1) is 13.5. The molecule has 1 aromatic carbocycles. The first-order valence-electron chi connectivity index (χ1n) is 10.0. The van der Waals surface area contributed by atoms with Crippen LogP contribution in [0.3, 0.4) is 0 Å².